The summed E-state index contributed by atoms with van der Waals surface area (Å²) in [6, 6.07) is 1.73. The Balaban J connectivity index is 3.14. The number of hydrogen-bond acceptors (Lipinski definition) is 2. The topological polar surface area (TPSA) is 22.1 Å². The van der Waals surface area contributed by atoms with Crippen molar-refractivity contribution < 1.29 is 4.74 Å². The third-order valence-electron chi connectivity index (χ3n) is 1.03. The highest BCUT2D eigenvalue weighted by Crippen LogP contribution is 2.29. The zero-order valence-corrected chi connectivity index (χ0v) is 7.61. The van der Waals surface area contributed by atoms with Gasteiger partial charge in [-0.1, -0.05) is 11.6 Å². The molecular weight excluding hydrogens is 217 g/mol. The Hall–Kier alpha value is -0.280. The molecule has 4 heteroatoms. The van der Waals surface area contributed by atoms with E-state index in [4.69, 9.17) is 16.3 Å². The molecule has 1 rings (SSSR count). The van der Waals surface area contributed by atoms with Crippen LogP contribution < -0.4 is 4.74 Å². The highest BCUT2D eigenvalue weighted by atomic mass is 79.9. The molecule has 0 atom stereocenters. The lowest BCUT2D eigenvalue weighted by Crippen LogP contribution is -1.85. The van der Waals surface area contributed by atoms with Crippen LogP contribution in [0.4, 0.5) is 0 Å². The second-order valence-corrected chi connectivity index (χ2v) is 2.77. The van der Waals surface area contributed by atoms with Crippen LogP contribution in [-0.4, -0.2) is 12.1 Å². The fraction of sp³-hybridized carbons (Fsp3) is 0.167. The summed E-state index contributed by atoms with van der Waals surface area (Å²) < 4.78 is 5.65. The summed E-state index contributed by atoms with van der Waals surface area (Å²) >= 11 is 8.88. The van der Waals surface area contributed by atoms with Crippen LogP contribution in [-0.2, 0) is 0 Å². The molecule has 0 N–H and O–H groups in total. The summed E-state index contributed by atoms with van der Waals surface area (Å²) in [5.41, 5.74) is 0. The van der Waals surface area contributed by atoms with Crippen molar-refractivity contribution in [2.75, 3.05) is 7.11 Å². The lowest BCUT2D eigenvalue weighted by atomic mass is 10.5. The Kier molecular flexibility index (Phi) is 2.51. The predicted octanol–water partition coefficient (Wildman–Crippen LogP) is 2.51. The third kappa shape index (κ3) is 1.41. The molecule has 0 radical (unpaired) electrons. The minimum atomic E-state index is 0.416. The molecule has 0 aliphatic rings. The molecule has 0 unspecified atom stereocenters. The van der Waals surface area contributed by atoms with E-state index in [0.29, 0.717) is 15.4 Å². The predicted molar refractivity (Wildman–Crippen MR) is 43.5 cm³/mol. The van der Waals surface area contributed by atoms with Crippen molar-refractivity contribution in [1.29, 1.82) is 0 Å². The minimum absolute atomic E-state index is 0.416. The molecule has 0 saturated heterocycles. The van der Waals surface area contributed by atoms with Gasteiger partial charge in [0.1, 0.15) is 10.9 Å². The van der Waals surface area contributed by atoms with E-state index >= 15 is 0 Å². The van der Waals surface area contributed by atoms with E-state index in [1.54, 1.807) is 19.4 Å². The maximum Gasteiger partial charge on any atom is 0.146 e. The molecule has 0 aromatic carbocycles. The summed E-state index contributed by atoms with van der Waals surface area (Å²) in [4.78, 5) is 3.83. The lowest BCUT2D eigenvalue weighted by molar-refractivity contribution is 0.411. The fourth-order valence-electron chi connectivity index (χ4n) is 0.560. The van der Waals surface area contributed by atoms with Crippen LogP contribution in [0, 0.1) is 0 Å². The Morgan fingerprint density at radius 2 is 2.40 bits per heavy atom. The minimum Gasteiger partial charge on any atom is -0.495 e. The number of nitrogens with zero attached hydrogens (tertiary/aromatic N) is 1. The summed E-state index contributed by atoms with van der Waals surface area (Å²) in [5.74, 6) is 0.694. The van der Waals surface area contributed by atoms with Gasteiger partial charge in [-0.15, -0.1) is 0 Å². The van der Waals surface area contributed by atoms with E-state index in [2.05, 4.69) is 20.9 Å². The van der Waals surface area contributed by atoms with Gasteiger partial charge in [-0.25, -0.2) is 4.98 Å². The Morgan fingerprint density at radius 3 is 2.90 bits per heavy atom. The second kappa shape index (κ2) is 3.21. The Morgan fingerprint density at radius 1 is 1.70 bits per heavy atom. The monoisotopic (exact) mass is 221 g/mol. The maximum atomic E-state index is 5.65. The molecule has 0 saturated carbocycles. The van der Waals surface area contributed by atoms with Crippen LogP contribution in [0.2, 0.25) is 5.15 Å². The van der Waals surface area contributed by atoms with Crippen molar-refractivity contribution >= 4 is 27.5 Å². The van der Waals surface area contributed by atoms with E-state index in [0.717, 1.165) is 0 Å². The third-order valence-corrected chi connectivity index (χ3v) is 2.31. The average molecular weight is 222 g/mol. The molecule has 2 nitrogen and oxygen atoms in total. The van der Waals surface area contributed by atoms with Crippen molar-refractivity contribution in [1.82, 2.24) is 4.98 Å². The number of halogens is 2. The van der Waals surface area contributed by atoms with E-state index < -0.39 is 0 Å². The van der Waals surface area contributed by atoms with Crippen LogP contribution in [0.25, 0.3) is 0 Å². The van der Waals surface area contributed by atoms with E-state index in [1.165, 1.54) is 0 Å². The molecule has 0 fully saturated rings. The Labute approximate surface area is 72.3 Å². The summed E-state index contributed by atoms with van der Waals surface area (Å²) in [6.45, 7) is 0. The number of ether oxygens (including phenoxy) is 1. The van der Waals surface area contributed by atoms with Gasteiger partial charge in [0.15, 0.2) is 0 Å². The molecule has 1 aromatic rings. The number of pyridine rings is 1. The molecule has 1 aromatic heterocycles. The quantitative estimate of drug-likeness (QED) is 0.681. The van der Waals surface area contributed by atoms with Crippen LogP contribution in [0.5, 0.6) is 5.75 Å². The SMILES string of the molecule is COc1ccnc(Cl)c1Br. The van der Waals surface area contributed by atoms with Gasteiger partial charge >= 0.3 is 0 Å². The lowest BCUT2D eigenvalue weighted by Gasteiger charge is -2.01. The van der Waals surface area contributed by atoms with E-state index in [-0.39, 0.29) is 0 Å². The van der Waals surface area contributed by atoms with E-state index in [1.807, 2.05) is 0 Å². The maximum absolute atomic E-state index is 5.65. The van der Waals surface area contributed by atoms with Gasteiger partial charge in [0.05, 0.1) is 11.6 Å². The largest absolute Gasteiger partial charge is 0.495 e. The number of aromatic nitrogens is 1. The number of hydrogen-bond donors (Lipinski definition) is 0. The van der Waals surface area contributed by atoms with Crippen molar-refractivity contribution in [3.63, 3.8) is 0 Å². The normalized spacial score (nSPS) is 9.50. The highest BCUT2D eigenvalue weighted by molar-refractivity contribution is 9.10. The molecule has 0 spiro atoms. The highest BCUT2D eigenvalue weighted by Gasteiger charge is 2.02. The fourth-order valence-corrected chi connectivity index (χ4v) is 1.11. The molecular formula is C6H5BrClNO. The standard InChI is InChI=1S/C6H5BrClNO/c1-10-4-2-3-9-6(8)5(4)7/h2-3H,1H3. The second-order valence-electron chi connectivity index (χ2n) is 1.62. The van der Waals surface area contributed by atoms with E-state index in [9.17, 15) is 0 Å². The molecule has 0 aliphatic carbocycles. The van der Waals surface area contributed by atoms with Crippen molar-refractivity contribution in [3.8, 4) is 5.75 Å². The van der Waals surface area contributed by atoms with Gasteiger partial charge in [-0.3, -0.25) is 0 Å². The van der Waals surface area contributed by atoms with Crippen LogP contribution in [0.1, 0.15) is 0 Å². The molecule has 0 aliphatic heterocycles. The summed E-state index contributed by atoms with van der Waals surface area (Å²) in [5, 5.41) is 0.416. The molecule has 0 bridgehead atoms. The van der Waals surface area contributed by atoms with Crippen molar-refractivity contribution in [2.24, 2.45) is 0 Å². The summed E-state index contributed by atoms with van der Waals surface area (Å²) in [6.07, 6.45) is 1.59. The first-order valence-electron chi connectivity index (χ1n) is 2.59. The average Bonchev–Trinajstić information content (AvgIpc) is 1.95. The summed E-state index contributed by atoms with van der Waals surface area (Å²) in [7, 11) is 1.58. The van der Waals surface area contributed by atoms with Gasteiger partial charge in [-0.05, 0) is 22.0 Å². The van der Waals surface area contributed by atoms with Crippen LogP contribution in [0.3, 0.4) is 0 Å². The smallest absolute Gasteiger partial charge is 0.146 e. The van der Waals surface area contributed by atoms with Gasteiger partial charge < -0.3 is 4.74 Å². The zero-order chi connectivity index (χ0) is 7.56. The van der Waals surface area contributed by atoms with Gasteiger partial charge in [-0.2, -0.15) is 0 Å². The molecule has 54 valence electrons. The van der Waals surface area contributed by atoms with Crippen molar-refractivity contribution in [3.05, 3.63) is 21.9 Å². The van der Waals surface area contributed by atoms with Crippen LogP contribution >= 0.6 is 27.5 Å². The molecule has 10 heavy (non-hydrogen) atoms. The first-order valence-corrected chi connectivity index (χ1v) is 3.77. The zero-order valence-electron chi connectivity index (χ0n) is 5.27. The van der Waals surface area contributed by atoms with Crippen LogP contribution in [0.15, 0.2) is 16.7 Å². The first kappa shape index (κ1) is 7.82. The number of methoxy groups -OCH3 is 1. The molecule has 1 heterocycles. The molecule has 0 amide bonds. The van der Waals surface area contributed by atoms with Gasteiger partial charge in [0, 0.05) is 6.20 Å². The van der Waals surface area contributed by atoms with Gasteiger partial charge in [0.2, 0.25) is 0 Å². The number of rotatable bonds is 1. The van der Waals surface area contributed by atoms with Gasteiger partial charge in [0.25, 0.3) is 0 Å². The van der Waals surface area contributed by atoms with Crippen molar-refractivity contribution in [2.45, 2.75) is 0 Å². The Bertz CT molecular complexity index is 241. The first-order chi connectivity index (χ1) is 4.75.